The zero-order valence-electron chi connectivity index (χ0n) is 14.1. The molecule has 26 heavy (non-hydrogen) atoms. The highest BCUT2D eigenvalue weighted by Gasteiger charge is 2.18. The van der Waals surface area contributed by atoms with Crippen molar-refractivity contribution in [1.82, 2.24) is 15.6 Å². The van der Waals surface area contributed by atoms with Gasteiger partial charge in [-0.25, -0.2) is 14.6 Å². The smallest absolute Gasteiger partial charge is 0.331 e. The van der Waals surface area contributed by atoms with Gasteiger partial charge < -0.3 is 10.1 Å². The summed E-state index contributed by atoms with van der Waals surface area (Å²) in [5.74, 6) is -1.34. The van der Waals surface area contributed by atoms with Gasteiger partial charge in [0.15, 0.2) is 6.61 Å². The van der Waals surface area contributed by atoms with E-state index in [0.29, 0.717) is 5.01 Å². The Bertz CT molecular complexity index is 807. The lowest BCUT2D eigenvalue weighted by Gasteiger charge is -2.12. The number of benzene rings is 1. The minimum atomic E-state index is -0.671. The highest BCUT2D eigenvalue weighted by atomic mass is 32.1. The second-order valence-electron chi connectivity index (χ2n) is 5.96. The number of hydrogen-bond acceptors (Lipinski definition) is 6. The van der Waals surface area contributed by atoms with Gasteiger partial charge in [-0.1, -0.05) is 25.0 Å². The zero-order chi connectivity index (χ0) is 18.4. The van der Waals surface area contributed by atoms with Gasteiger partial charge >= 0.3 is 12.0 Å². The van der Waals surface area contributed by atoms with Crippen LogP contribution in [-0.4, -0.2) is 35.5 Å². The van der Waals surface area contributed by atoms with Crippen LogP contribution in [0.1, 0.15) is 30.7 Å². The third-order valence-corrected chi connectivity index (χ3v) is 4.96. The van der Waals surface area contributed by atoms with Crippen LogP contribution < -0.4 is 10.6 Å². The predicted octanol–water partition coefficient (Wildman–Crippen LogP) is 2.62. The van der Waals surface area contributed by atoms with E-state index < -0.39 is 24.5 Å². The second-order valence-corrected chi connectivity index (χ2v) is 7.03. The number of urea groups is 1. The molecule has 0 spiro atoms. The van der Waals surface area contributed by atoms with Gasteiger partial charge in [-0.15, -0.1) is 11.3 Å². The molecule has 1 fully saturated rings. The first-order valence-corrected chi connectivity index (χ1v) is 9.22. The zero-order valence-corrected chi connectivity index (χ0v) is 14.9. The molecule has 2 N–H and O–H groups in total. The van der Waals surface area contributed by atoms with Crippen LogP contribution in [0.2, 0.25) is 0 Å². The van der Waals surface area contributed by atoms with Crippen LogP contribution in [0.25, 0.3) is 16.3 Å². The van der Waals surface area contributed by atoms with Crippen LogP contribution in [0.15, 0.2) is 30.3 Å². The van der Waals surface area contributed by atoms with Gasteiger partial charge in [-0.05, 0) is 31.1 Å². The summed E-state index contributed by atoms with van der Waals surface area (Å²) < 4.78 is 5.85. The van der Waals surface area contributed by atoms with Crippen LogP contribution in [0.5, 0.6) is 0 Å². The number of esters is 1. The number of nitrogens with one attached hydrogen (secondary N) is 2. The highest BCUT2D eigenvalue weighted by molar-refractivity contribution is 7.19. The Kier molecular flexibility index (Phi) is 5.96. The number of carbonyl (C=O) groups excluding carboxylic acids is 3. The molecule has 2 aromatic rings. The Hall–Kier alpha value is -2.74. The van der Waals surface area contributed by atoms with E-state index in [1.165, 1.54) is 23.5 Å². The van der Waals surface area contributed by atoms with E-state index in [9.17, 15) is 14.4 Å². The minimum absolute atomic E-state index is 0.113. The molecule has 7 nitrogen and oxygen atoms in total. The summed E-state index contributed by atoms with van der Waals surface area (Å²) >= 11 is 1.45. The van der Waals surface area contributed by atoms with E-state index >= 15 is 0 Å². The number of nitrogens with zero attached hydrogens (tertiary/aromatic N) is 1. The quantitative estimate of drug-likeness (QED) is 0.620. The Morgan fingerprint density at radius 1 is 1.23 bits per heavy atom. The van der Waals surface area contributed by atoms with Gasteiger partial charge in [0.25, 0.3) is 5.91 Å². The van der Waals surface area contributed by atoms with Crippen molar-refractivity contribution in [2.45, 2.75) is 31.7 Å². The number of thiazole rings is 1. The Morgan fingerprint density at radius 3 is 2.77 bits per heavy atom. The Balaban J connectivity index is 1.41. The SMILES string of the molecule is O=C(COC(=O)/C=C/c1nc2ccccc2s1)NC(=O)NC1CCCC1. The lowest BCUT2D eigenvalue weighted by molar-refractivity contribution is -0.143. The number of hydrogen-bond donors (Lipinski definition) is 2. The number of aromatic nitrogens is 1. The average molecular weight is 373 g/mol. The first kappa shape index (κ1) is 18.1. The number of imide groups is 1. The van der Waals surface area contributed by atoms with Crippen molar-refractivity contribution in [2.24, 2.45) is 0 Å². The van der Waals surface area contributed by atoms with Crippen LogP contribution in [-0.2, 0) is 14.3 Å². The first-order valence-electron chi connectivity index (χ1n) is 8.41. The molecule has 136 valence electrons. The maximum Gasteiger partial charge on any atom is 0.331 e. The summed E-state index contributed by atoms with van der Waals surface area (Å²) in [6.45, 7) is -0.513. The molecule has 1 saturated carbocycles. The number of fused-ring (bicyclic) bond motifs is 1. The summed E-state index contributed by atoms with van der Waals surface area (Å²) in [5.41, 5.74) is 0.859. The molecule has 0 atom stereocenters. The average Bonchev–Trinajstić information content (AvgIpc) is 3.26. The molecule has 0 radical (unpaired) electrons. The minimum Gasteiger partial charge on any atom is -0.452 e. The van der Waals surface area contributed by atoms with Crippen molar-refractivity contribution in [3.8, 4) is 0 Å². The monoisotopic (exact) mass is 373 g/mol. The number of ether oxygens (including phenoxy) is 1. The molecular formula is C18H19N3O4S. The lowest BCUT2D eigenvalue weighted by atomic mass is 10.2. The molecule has 0 aliphatic heterocycles. The van der Waals surface area contributed by atoms with E-state index in [-0.39, 0.29) is 6.04 Å². The molecule has 0 unspecified atom stereocenters. The lowest BCUT2D eigenvalue weighted by Crippen LogP contribution is -2.44. The van der Waals surface area contributed by atoms with E-state index in [0.717, 1.165) is 35.9 Å². The van der Waals surface area contributed by atoms with E-state index in [4.69, 9.17) is 4.74 Å². The topological polar surface area (TPSA) is 97.4 Å². The summed E-state index contributed by atoms with van der Waals surface area (Å²) in [4.78, 5) is 39.3. The number of carbonyl (C=O) groups is 3. The Labute approximate surface area is 154 Å². The molecule has 1 aliphatic carbocycles. The maximum absolute atomic E-state index is 11.7. The molecule has 8 heteroatoms. The van der Waals surface area contributed by atoms with Gasteiger partial charge in [0.2, 0.25) is 0 Å². The second kappa shape index (κ2) is 8.57. The Morgan fingerprint density at radius 2 is 2.00 bits per heavy atom. The van der Waals surface area contributed by atoms with Crippen LogP contribution in [0, 0.1) is 0 Å². The van der Waals surface area contributed by atoms with Crippen molar-refractivity contribution in [1.29, 1.82) is 0 Å². The van der Waals surface area contributed by atoms with Crippen LogP contribution >= 0.6 is 11.3 Å². The molecular weight excluding hydrogens is 354 g/mol. The molecule has 1 aromatic heterocycles. The van der Waals surface area contributed by atoms with Gasteiger partial charge in [0.1, 0.15) is 5.01 Å². The van der Waals surface area contributed by atoms with Gasteiger partial charge in [-0.2, -0.15) is 0 Å². The predicted molar refractivity (Wildman–Crippen MR) is 98.5 cm³/mol. The van der Waals surface area contributed by atoms with Crippen molar-refractivity contribution < 1.29 is 19.1 Å². The summed E-state index contributed by atoms with van der Waals surface area (Å²) in [5, 5.41) is 5.55. The van der Waals surface area contributed by atoms with E-state index in [2.05, 4.69) is 15.6 Å². The molecule has 1 aromatic carbocycles. The van der Waals surface area contributed by atoms with Crippen LogP contribution in [0.3, 0.4) is 0 Å². The number of para-hydroxylation sites is 1. The molecule has 1 heterocycles. The fourth-order valence-corrected chi connectivity index (χ4v) is 3.61. The summed E-state index contributed by atoms with van der Waals surface area (Å²) in [7, 11) is 0. The van der Waals surface area contributed by atoms with E-state index in [1.807, 2.05) is 24.3 Å². The third-order valence-electron chi connectivity index (χ3n) is 3.96. The summed E-state index contributed by atoms with van der Waals surface area (Å²) in [6, 6.07) is 7.21. The van der Waals surface area contributed by atoms with Crippen molar-refractivity contribution in [2.75, 3.05) is 6.61 Å². The molecule has 3 amide bonds. The van der Waals surface area contributed by atoms with Crippen molar-refractivity contribution >= 4 is 45.5 Å². The molecule has 0 saturated heterocycles. The van der Waals surface area contributed by atoms with Gasteiger partial charge in [0, 0.05) is 12.1 Å². The van der Waals surface area contributed by atoms with Crippen molar-refractivity contribution in [3.05, 3.63) is 35.3 Å². The molecule has 1 aliphatic rings. The fraction of sp³-hybridized carbons (Fsp3) is 0.333. The number of rotatable bonds is 5. The van der Waals surface area contributed by atoms with Crippen molar-refractivity contribution in [3.63, 3.8) is 0 Å². The highest BCUT2D eigenvalue weighted by Crippen LogP contribution is 2.22. The van der Waals surface area contributed by atoms with Gasteiger partial charge in [0.05, 0.1) is 10.2 Å². The third kappa shape index (κ3) is 5.13. The maximum atomic E-state index is 11.7. The molecule has 0 bridgehead atoms. The summed E-state index contributed by atoms with van der Waals surface area (Å²) in [6.07, 6.45) is 6.76. The fourth-order valence-electron chi connectivity index (χ4n) is 2.74. The van der Waals surface area contributed by atoms with Crippen LogP contribution in [0.4, 0.5) is 4.79 Å². The van der Waals surface area contributed by atoms with E-state index in [1.54, 1.807) is 0 Å². The molecule has 3 rings (SSSR count). The number of amides is 3. The first-order chi connectivity index (χ1) is 12.6. The standard InChI is InChI=1S/C18H19N3O4S/c22-15(21-18(24)19-12-5-1-2-6-12)11-25-17(23)10-9-16-20-13-7-3-4-8-14(13)26-16/h3-4,7-10,12H,1-2,5-6,11H2,(H2,19,21,22,24)/b10-9+. The normalized spacial score (nSPS) is 14.6. The van der Waals surface area contributed by atoms with Gasteiger partial charge in [-0.3, -0.25) is 10.1 Å². The largest absolute Gasteiger partial charge is 0.452 e.